The Hall–Kier alpha value is -2.94. The standard InChI is InChI=1S/C44H56O12/c1-24(2)40-21-29(22-51-37(47)27-16-10-7-11-17-27)43-32-35(40)54-44(55-40,56-43)30(46)20-14-6-5-9-15-25(3)31-26(4)34(52-38(48)28-18-12-8-13-19-28)42(50,33(31)43)39(49)41(23-45)36(32)53-41/h7-8,10-13,16-19,24-26,29-36,39,45-46,49-50H,5-6,9,14-15,20-23H2,1-4H3/t25-,26+,29+,30-,31?,32?,33?,34+,35-,36+,39-,40-,41+,42-,43-,44?/m1/s1. The van der Waals surface area contributed by atoms with Crippen LogP contribution in [0.1, 0.15) is 93.4 Å². The first-order chi connectivity index (χ1) is 26.8. The van der Waals surface area contributed by atoms with Gasteiger partial charge in [0.05, 0.1) is 29.9 Å². The highest BCUT2D eigenvalue weighted by atomic mass is 16.9. The van der Waals surface area contributed by atoms with Crippen molar-refractivity contribution in [2.45, 2.75) is 132 Å². The number of rotatable bonds is 7. The van der Waals surface area contributed by atoms with E-state index in [0.717, 1.165) is 25.7 Å². The van der Waals surface area contributed by atoms with Crippen LogP contribution in [0, 0.1) is 41.4 Å². The van der Waals surface area contributed by atoms with Crippen LogP contribution in [-0.2, 0) is 28.4 Å². The maximum absolute atomic E-state index is 14.0. The van der Waals surface area contributed by atoms with Crippen LogP contribution < -0.4 is 0 Å². The molecule has 0 radical (unpaired) electrons. The predicted octanol–water partition coefficient (Wildman–Crippen LogP) is 4.41. The summed E-state index contributed by atoms with van der Waals surface area (Å²) in [5.41, 5.74) is -5.87. The third-order valence-electron chi connectivity index (χ3n) is 15.2. The highest BCUT2D eigenvalue weighted by Crippen LogP contribution is 2.76. The molecule has 2 spiro atoms. The van der Waals surface area contributed by atoms with E-state index in [1.807, 2.05) is 26.8 Å². The zero-order valence-electron chi connectivity index (χ0n) is 32.6. The lowest BCUT2D eigenvalue weighted by atomic mass is 9.51. The zero-order valence-corrected chi connectivity index (χ0v) is 32.6. The monoisotopic (exact) mass is 776 g/mol. The maximum atomic E-state index is 14.0. The number of ether oxygens (including phenoxy) is 6. The SMILES string of the molecule is CC(C)[C@]12C[C@@H](COC(=O)c3ccccc3)[C@@]34OC5(O[C@@H]1C3[C@@H]1O[C@]1(CO)[C@@H](O)[C@@]1(O)C4C([C@H](C)CCCCCC[C@H]5O)[C@H](C)[C@@H]1OC(=O)c1ccccc1)O2. The molecule has 0 amide bonds. The van der Waals surface area contributed by atoms with Gasteiger partial charge in [0.1, 0.15) is 47.3 Å². The molecule has 3 aliphatic carbocycles. The van der Waals surface area contributed by atoms with E-state index in [2.05, 4.69) is 6.92 Å². The normalized spacial score (nSPS) is 47.5. The Kier molecular flexibility index (Phi) is 9.34. The number of carbonyl (C=O) groups excluding carboxylic acids is 2. The maximum Gasteiger partial charge on any atom is 0.338 e. The van der Waals surface area contributed by atoms with Gasteiger partial charge in [-0.25, -0.2) is 9.59 Å². The van der Waals surface area contributed by atoms with Crippen LogP contribution in [0.2, 0.25) is 0 Å². The van der Waals surface area contributed by atoms with E-state index in [0.29, 0.717) is 18.4 Å². The van der Waals surface area contributed by atoms with E-state index in [-0.39, 0.29) is 30.4 Å². The van der Waals surface area contributed by atoms with Gasteiger partial charge in [-0.15, -0.1) is 0 Å². The van der Waals surface area contributed by atoms with Crippen LogP contribution in [0.3, 0.4) is 0 Å². The summed E-state index contributed by atoms with van der Waals surface area (Å²) >= 11 is 0. The van der Waals surface area contributed by atoms with Gasteiger partial charge in [0, 0.05) is 17.8 Å². The van der Waals surface area contributed by atoms with E-state index in [9.17, 15) is 30.0 Å². The number of esters is 2. The molecule has 4 saturated heterocycles. The molecule has 4 aliphatic heterocycles. The fraction of sp³-hybridized carbons (Fsp3) is 0.682. The third-order valence-corrected chi connectivity index (χ3v) is 15.2. The summed E-state index contributed by atoms with van der Waals surface area (Å²) in [5.74, 6) is -6.80. The molecule has 304 valence electrons. The molecular formula is C44H56O12. The van der Waals surface area contributed by atoms with Crippen LogP contribution in [0.4, 0.5) is 0 Å². The Bertz CT molecular complexity index is 1810. The van der Waals surface area contributed by atoms with Gasteiger partial charge in [0.15, 0.2) is 0 Å². The van der Waals surface area contributed by atoms with Crippen molar-refractivity contribution in [3.05, 3.63) is 71.8 Å². The summed E-state index contributed by atoms with van der Waals surface area (Å²) in [6, 6.07) is 17.3. The van der Waals surface area contributed by atoms with Crippen molar-refractivity contribution in [1.82, 2.24) is 0 Å². The summed E-state index contributed by atoms with van der Waals surface area (Å²) in [7, 11) is 0. The molecule has 7 aliphatic rings. The summed E-state index contributed by atoms with van der Waals surface area (Å²) in [6.45, 7) is 7.36. The Balaban J connectivity index is 1.28. The summed E-state index contributed by atoms with van der Waals surface area (Å²) < 4.78 is 40.6. The highest BCUT2D eigenvalue weighted by Gasteiger charge is 2.91. The van der Waals surface area contributed by atoms with Crippen LogP contribution in [-0.4, -0.2) is 104 Å². The third kappa shape index (κ3) is 5.19. The number of hydrogen-bond acceptors (Lipinski definition) is 12. The zero-order chi connectivity index (χ0) is 39.4. The van der Waals surface area contributed by atoms with Crippen molar-refractivity contribution in [1.29, 1.82) is 0 Å². The molecule has 16 atom stereocenters. The van der Waals surface area contributed by atoms with Crippen molar-refractivity contribution in [3.63, 3.8) is 0 Å². The Morgan fingerprint density at radius 2 is 1.50 bits per heavy atom. The molecule has 7 fully saturated rings. The lowest BCUT2D eigenvalue weighted by Gasteiger charge is -2.62. The van der Waals surface area contributed by atoms with Crippen molar-refractivity contribution in [2.75, 3.05) is 13.2 Å². The first-order valence-corrected chi connectivity index (χ1v) is 20.7. The number of aliphatic hydroxyl groups excluding tert-OH is 3. The molecule has 4 N–H and O–H groups in total. The molecular weight excluding hydrogens is 720 g/mol. The van der Waals surface area contributed by atoms with Gasteiger partial charge in [0.2, 0.25) is 0 Å². The van der Waals surface area contributed by atoms with E-state index in [1.165, 1.54) is 0 Å². The van der Waals surface area contributed by atoms with Gasteiger partial charge in [-0.2, -0.15) is 0 Å². The highest BCUT2D eigenvalue weighted by molar-refractivity contribution is 5.90. The molecule has 56 heavy (non-hydrogen) atoms. The Morgan fingerprint density at radius 1 is 0.857 bits per heavy atom. The average molecular weight is 777 g/mol. The summed E-state index contributed by atoms with van der Waals surface area (Å²) in [6.07, 6.45) is -1.08. The Labute approximate surface area is 327 Å². The molecule has 9 rings (SSSR count). The lowest BCUT2D eigenvalue weighted by molar-refractivity contribution is -0.459. The number of hydrogen-bond donors (Lipinski definition) is 4. The van der Waals surface area contributed by atoms with Crippen molar-refractivity contribution in [3.8, 4) is 0 Å². The van der Waals surface area contributed by atoms with Gasteiger partial charge in [-0.1, -0.05) is 96.2 Å². The molecule has 2 aromatic carbocycles. The van der Waals surface area contributed by atoms with Crippen molar-refractivity contribution >= 4 is 11.9 Å². The second-order valence-electron chi connectivity index (χ2n) is 18.2. The fourth-order valence-electron chi connectivity index (χ4n) is 12.6. The molecule has 3 saturated carbocycles. The predicted molar refractivity (Wildman–Crippen MR) is 199 cm³/mol. The first kappa shape index (κ1) is 38.6. The number of carbonyl (C=O) groups is 2. The largest absolute Gasteiger partial charge is 0.462 e. The van der Waals surface area contributed by atoms with Gasteiger partial charge >= 0.3 is 17.9 Å². The second kappa shape index (κ2) is 13.6. The molecule has 12 nitrogen and oxygen atoms in total. The van der Waals surface area contributed by atoms with E-state index >= 15 is 0 Å². The van der Waals surface area contributed by atoms with Crippen LogP contribution in [0.25, 0.3) is 0 Å². The number of fused-ring (bicyclic) bond motifs is 1. The average Bonchev–Trinajstić information content (AvgIpc) is 3.84. The summed E-state index contributed by atoms with van der Waals surface area (Å²) in [5, 5.41) is 50.2. The minimum atomic E-state index is -2.25. The number of benzene rings is 2. The molecule has 2 aromatic rings. The van der Waals surface area contributed by atoms with Crippen LogP contribution >= 0.6 is 0 Å². The van der Waals surface area contributed by atoms with Gasteiger partial charge in [0.25, 0.3) is 0 Å². The minimum Gasteiger partial charge on any atom is -0.462 e. The molecule has 4 unspecified atom stereocenters. The molecule has 12 heteroatoms. The smallest absolute Gasteiger partial charge is 0.338 e. The van der Waals surface area contributed by atoms with Crippen molar-refractivity contribution in [2.24, 2.45) is 41.4 Å². The van der Waals surface area contributed by atoms with Crippen LogP contribution in [0.15, 0.2) is 60.7 Å². The molecule has 3 bridgehead atoms. The quantitative estimate of drug-likeness (QED) is 0.231. The van der Waals surface area contributed by atoms with Crippen LogP contribution in [0.5, 0.6) is 0 Å². The fourth-order valence-corrected chi connectivity index (χ4v) is 12.6. The van der Waals surface area contributed by atoms with Crippen molar-refractivity contribution < 1.29 is 58.4 Å². The second-order valence-corrected chi connectivity index (χ2v) is 18.2. The van der Waals surface area contributed by atoms with Gasteiger partial charge < -0.3 is 48.8 Å². The molecule has 0 aromatic heterocycles. The van der Waals surface area contributed by atoms with E-state index in [4.69, 9.17) is 28.4 Å². The minimum absolute atomic E-state index is 0.0689. The Morgan fingerprint density at radius 3 is 2.14 bits per heavy atom. The molecule has 4 heterocycles. The first-order valence-electron chi connectivity index (χ1n) is 20.7. The number of aliphatic hydroxyl groups is 4. The van der Waals surface area contributed by atoms with E-state index in [1.54, 1.807) is 54.6 Å². The lowest BCUT2D eigenvalue weighted by Crippen LogP contribution is -2.75. The van der Waals surface area contributed by atoms with Gasteiger partial charge in [-0.05, 0) is 60.8 Å². The van der Waals surface area contributed by atoms with Gasteiger partial charge in [-0.3, -0.25) is 0 Å². The van der Waals surface area contributed by atoms with E-state index < -0.39 is 107 Å². The number of epoxide rings is 1. The summed E-state index contributed by atoms with van der Waals surface area (Å²) in [4.78, 5) is 27.7. The topological polar surface area (TPSA) is 174 Å².